The zero-order valence-corrected chi connectivity index (χ0v) is 20.1. The molecule has 0 unspecified atom stereocenters. The largest absolute Gasteiger partial charge is 0.364 e. The Bertz CT molecular complexity index is 1440. The van der Waals surface area contributed by atoms with Crippen molar-refractivity contribution in [3.8, 4) is 5.82 Å². The monoisotopic (exact) mass is 475 g/mol. The SMILES string of the molecule is CN1CCC(n2cc(Nc3nc(NC4(C)CC4)c4c(=O)n(-c5cn(C)nn5)ccc4n3)cn2)CC1. The number of piperidine rings is 1. The van der Waals surface area contributed by atoms with E-state index in [1.807, 2.05) is 10.9 Å². The van der Waals surface area contributed by atoms with Crippen molar-refractivity contribution in [1.82, 2.24) is 44.2 Å². The van der Waals surface area contributed by atoms with Crippen molar-refractivity contribution in [2.24, 2.45) is 7.05 Å². The standard InChI is InChI=1S/C23H29N11O/c1-23(7-8-23)28-20-19-17(6-11-33(21(19)35)18-14-32(3)30-29-18)26-22(27-20)25-15-12-24-34(13-15)16-4-9-31(2)10-5-16/h6,11-14,16H,4-5,7-10H2,1-3H3,(H2,25,26,27,28). The van der Waals surface area contributed by atoms with Gasteiger partial charge in [0.2, 0.25) is 5.95 Å². The average Bonchev–Trinajstić information content (AvgIpc) is 3.18. The van der Waals surface area contributed by atoms with E-state index in [1.165, 1.54) is 4.57 Å². The Balaban J connectivity index is 1.35. The van der Waals surface area contributed by atoms with Gasteiger partial charge >= 0.3 is 0 Å². The fourth-order valence-electron chi connectivity index (χ4n) is 4.50. The zero-order valence-electron chi connectivity index (χ0n) is 20.1. The summed E-state index contributed by atoms with van der Waals surface area (Å²) in [6.07, 6.45) is 11.4. The molecule has 4 aromatic heterocycles. The number of likely N-dealkylation sites (tertiary alicyclic amines) is 1. The molecule has 0 bridgehead atoms. The minimum absolute atomic E-state index is 0.0722. The maximum Gasteiger partial charge on any atom is 0.269 e. The van der Waals surface area contributed by atoms with Crippen molar-refractivity contribution >= 4 is 28.4 Å². The van der Waals surface area contributed by atoms with Crippen LogP contribution in [-0.4, -0.2) is 69.9 Å². The van der Waals surface area contributed by atoms with E-state index in [2.05, 4.69) is 49.9 Å². The van der Waals surface area contributed by atoms with Gasteiger partial charge in [-0.3, -0.25) is 18.7 Å². The van der Waals surface area contributed by atoms with Crippen molar-refractivity contribution < 1.29 is 0 Å². The number of hydrogen-bond acceptors (Lipinski definition) is 9. The Labute approximate surface area is 202 Å². The van der Waals surface area contributed by atoms with Gasteiger partial charge < -0.3 is 15.5 Å². The molecule has 0 amide bonds. The molecule has 12 heteroatoms. The van der Waals surface area contributed by atoms with Gasteiger partial charge in [-0.2, -0.15) is 10.1 Å². The lowest BCUT2D eigenvalue weighted by molar-refractivity contribution is 0.212. The molecule has 1 saturated heterocycles. The maximum atomic E-state index is 13.5. The number of nitrogens with zero attached hydrogens (tertiary/aromatic N) is 9. The first-order chi connectivity index (χ1) is 16.9. The first kappa shape index (κ1) is 21.7. The van der Waals surface area contributed by atoms with Crippen molar-refractivity contribution in [3.63, 3.8) is 0 Å². The van der Waals surface area contributed by atoms with E-state index >= 15 is 0 Å². The number of hydrogen-bond donors (Lipinski definition) is 2. The van der Waals surface area contributed by atoms with Crippen LogP contribution in [0.5, 0.6) is 0 Å². The average molecular weight is 476 g/mol. The van der Waals surface area contributed by atoms with Crippen LogP contribution in [0.2, 0.25) is 0 Å². The normalized spacial score (nSPS) is 18.1. The third-order valence-corrected chi connectivity index (χ3v) is 6.93. The van der Waals surface area contributed by atoms with Gasteiger partial charge in [0.25, 0.3) is 5.56 Å². The van der Waals surface area contributed by atoms with Gasteiger partial charge in [-0.05, 0) is 58.8 Å². The Hall–Kier alpha value is -3.80. The lowest BCUT2D eigenvalue weighted by Gasteiger charge is -2.28. The van der Waals surface area contributed by atoms with Gasteiger partial charge in [-0.1, -0.05) is 5.21 Å². The van der Waals surface area contributed by atoms with E-state index in [4.69, 9.17) is 4.98 Å². The van der Waals surface area contributed by atoms with Crippen LogP contribution in [-0.2, 0) is 7.05 Å². The summed E-state index contributed by atoms with van der Waals surface area (Å²) in [5.41, 5.74) is 1.07. The van der Waals surface area contributed by atoms with Crippen molar-refractivity contribution in [2.45, 2.75) is 44.2 Å². The summed E-state index contributed by atoms with van der Waals surface area (Å²) in [7, 11) is 3.92. The van der Waals surface area contributed by atoms with Gasteiger partial charge in [0.05, 0.1) is 29.6 Å². The van der Waals surface area contributed by atoms with Gasteiger partial charge in [-0.15, -0.1) is 5.10 Å². The van der Waals surface area contributed by atoms with E-state index < -0.39 is 0 Å². The third-order valence-electron chi connectivity index (χ3n) is 6.93. The molecule has 1 aliphatic carbocycles. The van der Waals surface area contributed by atoms with Gasteiger partial charge in [0.15, 0.2) is 5.82 Å². The molecule has 0 atom stereocenters. The van der Waals surface area contributed by atoms with E-state index in [0.29, 0.717) is 34.5 Å². The zero-order chi connectivity index (χ0) is 24.2. The smallest absolute Gasteiger partial charge is 0.269 e. The third kappa shape index (κ3) is 4.25. The van der Waals surface area contributed by atoms with Crippen LogP contribution >= 0.6 is 0 Å². The van der Waals surface area contributed by atoms with Crippen molar-refractivity contribution in [3.05, 3.63) is 41.2 Å². The van der Waals surface area contributed by atoms with E-state index in [-0.39, 0.29) is 11.1 Å². The van der Waals surface area contributed by atoms with E-state index in [1.54, 1.807) is 36.4 Å². The summed E-state index contributed by atoms with van der Waals surface area (Å²) in [6, 6.07) is 2.20. The molecule has 0 aromatic carbocycles. The van der Waals surface area contributed by atoms with Crippen LogP contribution in [0.1, 0.15) is 38.6 Å². The molecule has 4 aromatic rings. The highest BCUT2D eigenvalue weighted by molar-refractivity contribution is 5.90. The van der Waals surface area contributed by atoms with Crippen LogP contribution in [0.15, 0.2) is 35.6 Å². The van der Waals surface area contributed by atoms with Crippen LogP contribution in [0.4, 0.5) is 17.5 Å². The topological polar surface area (TPSA) is 124 Å². The van der Waals surface area contributed by atoms with E-state index in [9.17, 15) is 4.79 Å². The molecule has 6 rings (SSSR count). The number of nitrogens with one attached hydrogen (secondary N) is 2. The molecule has 1 aliphatic heterocycles. The summed E-state index contributed by atoms with van der Waals surface area (Å²) in [4.78, 5) is 25.2. The maximum absolute atomic E-state index is 13.5. The van der Waals surface area contributed by atoms with Crippen LogP contribution in [0.25, 0.3) is 16.7 Å². The summed E-state index contributed by atoms with van der Waals surface area (Å²) >= 11 is 0. The lowest BCUT2D eigenvalue weighted by atomic mass is 10.1. The minimum atomic E-state index is -0.239. The quantitative estimate of drug-likeness (QED) is 0.431. The molecule has 0 radical (unpaired) electrons. The Morgan fingerprint density at radius 2 is 1.91 bits per heavy atom. The molecule has 2 N–H and O–H groups in total. The minimum Gasteiger partial charge on any atom is -0.364 e. The van der Waals surface area contributed by atoms with Crippen molar-refractivity contribution in [1.29, 1.82) is 0 Å². The van der Waals surface area contributed by atoms with Gasteiger partial charge in [0.1, 0.15) is 11.2 Å². The molecule has 35 heavy (non-hydrogen) atoms. The summed E-state index contributed by atoms with van der Waals surface area (Å²) in [5.74, 6) is 1.39. The predicted octanol–water partition coefficient (Wildman–Crippen LogP) is 2.08. The predicted molar refractivity (Wildman–Crippen MR) is 132 cm³/mol. The summed E-state index contributed by atoms with van der Waals surface area (Å²) in [5, 5.41) is 19.8. The second kappa shape index (κ2) is 8.15. The van der Waals surface area contributed by atoms with Gasteiger partial charge in [-0.25, -0.2) is 4.98 Å². The van der Waals surface area contributed by atoms with Crippen LogP contribution < -0.4 is 16.2 Å². The summed E-state index contributed by atoms with van der Waals surface area (Å²) < 4.78 is 5.06. The number of aromatic nitrogens is 8. The van der Waals surface area contributed by atoms with E-state index in [0.717, 1.165) is 44.5 Å². The second-order valence-corrected chi connectivity index (χ2v) is 9.95. The highest BCUT2D eigenvalue weighted by atomic mass is 16.1. The molecule has 0 spiro atoms. The number of pyridine rings is 1. The molecule has 2 fully saturated rings. The fraction of sp³-hybridized carbons (Fsp3) is 0.478. The first-order valence-electron chi connectivity index (χ1n) is 11.9. The molecule has 12 nitrogen and oxygen atoms in total. The molecular weight excluding hydrogens is 446 g/mol. The fourth-order valence-corrected chi connectivity index (χ4v) is 4.50. The lowest BCUT2D eigenvalue weighted by Crippen LogP contribution is -2.31. The molecular formula is C23H29N11O. The number of aryl methyl sites for hydroxylation is 1. The van der Waals surface area contributed by atoms with Crippen LogP contribution in [0.3, 0.4) is 0 Å². The molecule has 5 heterocycles. The van der Waals surface area contributed by atoms with Gasteiger partial charge in [0, 0.05) is 25.0 Å². The first-order valence-corrected chi connectivity index (χ1v) is 11.9. The molecule has 2 aliphatic rings. The van der Waals surface area contributed by atoms with Crippen molar-refractivity contribution in [2.75, 3.05) is 30.8 Å². The second-order valence-electron chi connectivity index (χ2n) is 9.95. The highest BCUT2D eigenvalue weighted by Gasteiger charge is 2.38. The highest BCUT2D eigenvalue weighted by Crippen LogP contribution is 2.39. The number of fused-ring (bicyclic) bond motifs is 1. The number of rotatable bonds is 6. The number of anilines is 3. The Morgan fingerprint density at radius 1 is 1.11 bits per heavy atom. The molecule has 182 valence electrons. The van der Waals surface area contributed by atoms with Crippen LogP contribution in [0, 0.1) is 0 Å². The summed E-state index contributed by atoms with van der Waals surface area (Å²) in [6.45, 7) is 4.27. The Kier molecular flexibility index (Phi) is 5.06. The Morgan fingerprint density at radius 3 is 2.63 bits per heavy atom. The molecule has 1 saturated carbocycles.